The molecule has 2 aromatic carbocycles. The van der Waals surface area contributed by atoms with Gasteiger partial charge in [0.25, 0.3) is 11.8 Å². The summed E-state index contributed by atoms with van der Waals surface area (Å²) in [6.45, 7) is 7.76. The van der Waals surface area contributed by atoms with Gasteiger partial charge in [-0.25, -0.2) is 8.42 Å². The fraction of sp³-hybridized carbons (Fsp3) is 0.517. The van der Waals surface area contributed by atoms with Gasteiger partial charge in [-0.05, 0) is 84.9 Å². The van der Waals surface area contributed by atoms with Crippen LogP contribution in [0.5, 0.6) is 0 Å². The van der Waals surface area contributed by atoms with Crippen molar-refractivity contribution >= 4 is 21.7 Å². The van der Waals surface area contributed by atoms with Crippen molar-refractivity contribution in [3.8, 4) is 0 Å². The van der Waals surface area contributed by atoms with Crippen LogP contribution >= 0.6 is 0 Å². The fourth-order valence-corrected chi connectivity index (χ4v) is 7.59. The molecule has 2 atom stereocenters. The van der Waals surface area contributed by atoms with Gasteiger partial charge in [0.15, 0.2) is 9.84 Å². The molecule has 7 heteroatoms. The van der Waals surface area contributed by atoms with E-state index in [1.807, 2.05) is 24.3 Å². The van der Waals surface area contributed by atoms with Crippen molar-refractivity contribution in [2.24, 2.45) is 10.8 Å². The number of carbonyl (C=O) groups excluding carboxylic acids is 2. The van der Waals surface area contributed by atoms with Crippen LogP contribution in [0.15, 0.2) is 53.4 Å². The number of carbonyl (C=O) groups is 2. The van der Waals surface area contributed by atoms with Gasteiger partial charge in [0.2, 0.25) is 0 Å². The minimum atomic E-state index is -3.31. The number of benzene rings is 2. The Balaban J connectivity index is 1.32. The molecule has 2 aliphatic carbocycles. The van der Waals surface area contributed by atoms with Crippen LogP contribution in [0.3, 0.4) is 0 Å². The minimum Gasteiger partial charge on any atom is -0.335 e. The van der Waals surface area contributed by atoms with Gasteiger partial charge in [-0.15, -0.1) is 0 Å². The van der Waals surface area contributed by atoms with Crippen molar-refractivity contribution in [3.63, 3.8) is 0 Å². The molecule has 1 heterocycles. The number of likely N-dealkylation sites (tertiary alicyclic amines) is 1. The summed E-state index contributed by atoms with van der Waals surface area (Å²) in [6, 6.07) is 14.2. The molecule has 3 fully saturated rings. The van der Waals surface area contributed by atoms with Crippen molar-refractivity contribution in [3.05, 3.63) is 65.2 Å². The number of fused-ring (bicyclic) bond motifs is 2. The van der Waals surface area contributed by atoms with E-state index < -0.39 is 15.4 Å². The Morgan fingerprint density at radius 2 is 1.50 bits per heavy atom. The number of rotatable bonds is 5. The van der Waals surface area contributed by atoms with Crippen molar-refractivity contribution in [1.29, 1.82) is 0 Å². The molecule has 2 amide bonds. The first kappa shape index (κ1) is 25.0. The van der Waals surface area contributed by atoms with Crippen LogP contribution in [0.2, 0.25) is 0 Å². The van der Waals surface area contributed by atoms with E-state index in [2.05, 4.69) is 25.7 Å². The maximum Gasteiger partial charge on any atom is 0.254 e. The average Bonchev–Trinajstić information content (AvgIpc) is 3.57. The summed E-state index contributed by atoms with van der Waals surface area (Å²) in [7, 11) is -1.51. The molecule has 0 radical (unpaired) electrons. The molecule has 3 aliphatic rings. The number of hydrogen-bond acceptors (Lipinski definition) is 4. The van der Waals surface area contributed by atoms with E-state index in [0.29, 0.717) is 17.2 Å². The lowest BCUT2D eigenvalue weighted by Crippen LogP contribution is -2.38. The molecule has 1 aliphatic heterocycles. The van der Waals surface area contributed by atoms with Crippen molar-refractivity contribution in [2.75, 3.05) is 19.8 Å². The highest BCUT2D eigenvalue weighted by Gasteiger charge is 2.52. The van der Waals surface area contributed by atoms with Gasteiger partial charge >= 0.3 is 0 Å². The van der Waals surface area contributed by atoms with Crippen molar-refractivity contribution < 1.29 is 18.0 Å². The van der Waals surface area contributed by atoms with Crippen LogP contribution in [0, 0.1) is 10.8 Å². The van der Waals surface area contributed by atoms with E-state index in [1.165, 1.54) is 12.1 Å². The first-order chi connectivity index (χ1) is 16.7. The lowest BCUT2D eigenvalue weighted by molar-refractivity contribution is 0.0694. The quantitative estimate of drug-likeness (QED) is 0.576. The number of hydrogen-bond donors (Lipinski definition) is 0. The third-order valence-electron chi connectivity index (χ3n) is 8.54. The van der Waals surface area contributed by atoms with Crippen LogP contribution in [-0.4, -0.2) is 55.9 Å². The molecule has 0 spiro atoms. The predicted octanol–water partition coefficient (Wildman–Crippen LogP) is 4.89. The second-order valence-electron chi connectivity index (χ2n) is 12.4. The molecule has 6 nitrogen and oxygen atoms in total. The molecular formula is C29H36N2O4S. The summed E-state index contributed by atoms with van der Waals surface area (Å²) in [5.41, 5.74) is 2.25. The first-order valence-corrected chi connectivity index (χ1v) is 14.6. The largest absolute Gasteiger partial charge is 0.335 e. The Bertz CT molecular complexity index is 1310. The predicted molar refractivity (Wildman–Crippen MR) is 140 cm³/mol. The van der Waals surface area contributed by atoms with Crippen molar-refractivity contribution in [1.82, 2.24) is 9.80 Å². The summed E-state index contributed by atoms with van der Waals surface area (Å²) in [6.07, 6.45) is 6.14. The number of amides is 2. The molecule has 192 valence electrons. The second kappa shape index (κ2) is 8.17. The second-order valence-corrected chi connectivity index (χ2v) is 14.4. The summed E-state index contributed by atoms with van der Waals surface area (Å²) in [4.78, 5) is 30.7. The smallest absolute Gasteiger partial charge is 0.254 e. The maximum atomic E-state index is 13.5. The minimum absolute atomic E-state index is 0.105. The summed E-state index contributed by atoms with van der Waals surface area (Å²) < 4.78 is 23.5. The van der Waals surface area contributed by atoms with Crippen LogP contribution < -0.4 is 0 Å². The molecule has 1 saturated heterocycles. The Labute approximate surface area is 214 Å². The highest BCUT2D eigenvalue weighted by atomic mass is 32.2. The fourth-order valence-electron chi connectivity index (χ4n) is 6.96. The van der Waals surface area contributed by atoms with Crippen LogP contribution in [0.1, 0.15) is 79.2 Å². The van der Waals surface area contributed by atoms with Gasteiger partial charge in [-0.2, -0.15) is 0 Å². The van der Waals surface area contributed by atoms with E-state index in [4.69, 9.17) is 0 Å². The van der Waals surface area contributed by atoms with E-state index in [0.717, 1.165) is 50.5 Å². The van der Waals surface area contributed by atoms with Gasteiger partial charge in [-0.3, -0.25) is 9.59 Å². The van der Waals surface area contributed by atoms with Gasteiger partial charge in [0, 0.05) is 37.0 Å². The van der Waals surface area contributed by atoms with Gasteiger partial charge in [0.1, 0.15) is 0 Å². The topological polar surface area (TPSA) is 74.8 Å². The molecule has 0 aromatic heterocycles. The Morgan fingerprint density at radius 1 is 0.917 bits per heavy atom. The molecule has 2 saturated carbocycles. The van der Waals surface area contributed by atoms with Gasteiger partial charge in [0.05, 0.1) is 10.4 Å². The molecule has 0 N–H and O–H groups in total. The monoisotopic (exact) mass is 508 g/mol. The highest BCUT2D eigenvalue weighted by Crippen LogP contribution is 2.53. The maximum absolute atomic E-state index is 13.5. The third-order valence-corrected chi connectivity index (χ3v) is 9.67. The summed E-state index contributed by atoms with van der Waals surface area (Å²) in [5, 5.41) is 0. The molecule has 2 bridgehead atoms. The average molecular weight is 509 g/mol. The van der Waals surface area contributed by atoms with Gasteiger partial charge in [-0.1, -0.05) is 32.9 Å². The lowest BCUT2D eigenvalue weighted by Gasteiger charge is -2.39. The van der Waals surface area contributed by atoms with E-state index in [1.54, 1.807) is 24.1 Å². The van der Waals surface area contributed by atoms with E-state index >= 15 is 0 Å². The Hall–Kier alpha value is -2.67. The zero-order valence-corrected chi connectivity index (χ0v) is 22.7. The van der Waals surface area contributed by atoms with E-state index in [9.17, 15) is 18.0 Å². The number of nitrogens with zero attached hydrogens (tertiary/aromatic N) is 2. The number of sulfone groups is 1. The van der Waals surface area contributed by atoms with Gasteiger partial charge < -0.3 is 9.80 Å². The Kier molecular flexibility index (Phi) is 5.67. The molecule has 2 unspecified atom stereocenters. The molecule has 36 heavy (non-hydrogen) atoms. The molecule has 2 aromatic rings. The summed E-state index contributed by atoms with van der Waals surface area (Å²) in [5.74, 6) is -0.0406. The van der Waals surface area contributed by atoms with E-state index in [-0.39, 0.29) is 27.5 Å². The Morgan fingerprint density at radius 3 is 2.06 bits per heavy atom. The molecule has 5 rings (SSSR count). The summed E-state index contributed by atoms with van der Waals surface area (Å²) >= 11 is 0. The highest BCUT2D eigenvalue weighted by molar-refractivity contribution is 7.90. The van der Waals surface area contributed by atoms with Crippen LogP contribution in [0.4, 0.5) is 0 Å². The lowest BCUT2D eigenvalue weighted by atomic mass is 9.65. The van der Waals surface area contributed by atoms with Crippen LogP contribution in [0.25, 0.3) is 0 Å². The third kappa shape index (κ3) is 4.36. The standard InChI is InChI=1S/C29H36N2O4S/c1-27(2)16-23-17-28(3,18-27)19-31(23)26(33)21-6-10-22(11-7-21)29(14-15-29)30(4)25(32)20-8-12-24(13-9-20)36(5,34)35/h6-13,23H,14-19H2,1-5H3. The zero-order valence-electron chi connectivity index (χ0n) is 21.9. The zero-order chi connectivity index (χ0) is 26.1. The SMILES string of the molecule is CN(C(=O)c1ccc(S(C)(=O)=O)cc1)C1(c2ccc(C(=O)N3CC4(C)CC3CC(C)(C)C4)cc2)CC1. The first-order valence-electron chi connectivity index (χ1n) is 12.7. The molecular weight excluding hydrogens is 472 g/mol. The van der Waals surface area contributed by atoms with Crippen LogP contribution in [-0.2, 0) is 15.4 Å². The normalized spacial score (nSPS) is 25.9. The van der Waals surface area contributed by atoms with Crippen molar-refractivity contribution in [2.45, 2.75) is 69.4 Å².